The van der Waals surface area contributed by atoms with E-state index >= 15 is 0 Å². The molecule has 2 aromatic carbocycles. The Morgan fingerprint density at radius 2 is 1.86 bits per heavy atom. The van der Waals surface area contributed by atoms with E-state index in [1.807, 2.05) is 0 Å². The Balaban J connectivity index is 1.62. The number of anilines is 1. The molecule has 3 rings (SSSR count). The third-order valence-corrected chi connectivity index (χ3v) is 8.24. The van der Waals surface area contributed by atoms with Gasteiger partial charge in [0.05, 0.1) is 11.5 Å². The lowest BCUT2D eigenvalue weighted by Gasteiger charge is -2.13. The maximum absolute atomic E-state index is 12.9. The van der Waals surface area contributed by atoms with Crippen LogP contribution in [0.2, 0.25) is 5.02 Å². The summed E-state index contributed by atoms with van der Waals surface area (Å²) in [6, 6.07) is 12.6. The summed E-state index contributed by atoms with van der Waals surface area (Å²) in [5.41, 5.74) is 0.570. The molecule has 0 saturated carbocycles. The van der Waals surface area contributed by atoms with Crippen LogP contribution in [-0.2, 0) is 19.6 Å². The van der Waals surface area contributed by atoms with Crippen molar-refractivity contribution < 1.29 is 22.7 Å². The lowest BCUT2D eigenvalue weighted by Crippen LogP contribution is -2.33. The van der Waals surface area contributed by atoms with Gasteiger partial charge in [0.1, 0.15) is 11.0 Å². The molecule has 0 spiro atoms. The third kappa shape index (κ3) is 8.34. The zero-order valence-electron chi connectivity index (χ0n) is 20.6. The number of carbonyl (C=O) groups excluding carboxylic acids is 2. The molecule has 0 bridgehead atoms. The first-order valence-corrected chi connectivity index (χ1v) is 14.7. The standard InChI is InChI=1S/C26H30ClN3O5S2/c1-3-5-6-7-17-35-21-12-10-20(11-13-21)28-24(31)18-23-25(32)30(16-4-2)26(36-23)29-37(33,34)22-14-8-19(27)9-15-22/h4,8-15,23H,2-3,5-7,16-18H2,1H3,(H,28,31). The average Bonchev–Trinajstić information content (AvgIpc) is 3.13. The first-order chi connectivity index (χ1) is 17.7. The molecule has 1 aliphatic heterocycles. The lowest BCUT2D eigenvalue weighted by molar-refractivity contribution is -0.127. The molecule has 2 amide bonds. The second kappa shape index (κ2) is 13.6. The van der Waals surface area contributed by atoms with E-state index in [4.69, 9.17) is 16.3 Å². The molecule has 1 N–H and O–H groups in total. The monoisotopic (exact) mass is 563 g/mol. The first-order valence-electron chi connectivity index (χ1n) is 12.0. The quantitative estimate of drug-likeness (QED) is 0.255. The highest BCUT2D eigenvalue weighted by Gasteiger charge is 2.39. The number of nitrogens with one attached hydrogen (secondary N) is 1. The Morgan fingerprint density at radius 3 is 2.51 bits per heavy atom. The van der Waals surface area contributed by atoms with Gasteiger partial charge in [0, 0.05) is 23.7 Å². The van der Waals surface area contributed by atoms with Crippen molar-refractivity contribution in [2.24, 2.45) is 4.40 Å². The maximum Gasteiger partial charge on any atom is 0.284 e. The van der Waals surface area contributed by atoms with Crippen LogP contribution in [-0.4, -0.2) is 48.7 Å². The summed E-state index contributed by atoms with van der Waals surface area (Å²) in [4.78, 5) is 26.8. The largest absolute Gasteiger partial charge is 0.494 e. The number of unbranched alkanes of at least 4 members (excludes halogenated alkanes) is 3. The SMILES string of the molecule is C=CCN1C(=O)C(CC(=O)Nc2ccc(OCCCCCC)cc2)SC1=NS(=O)(=O)c1ccc(Cl)cc1. The van der Waals surface area contributed by atoms with Crippen LogP contribution >= 0.6 is 23.4 Å². The molecular formula is C26H30ClN3O5S2. The van der Waals surface area contributed by atoms with Gasteiger partial charge >= 0.3 is 0 Å². The van der Waals surface area contributed by atoms with Gasteiger partial charge in [-0.15, -0.1) is 11.0 Å². The minimum atomic E-state index is -4.08. The first kappa shape index (κ1) is 28.7. The summed E-state index contributed by atoms with van der Waals surface area (Å²) in [5, 5.41) is 2.35. The fourth-order valence-corrected chi connectivity index (χ4v) is 5.99. The predicted molar refractivity (Wildman–Crippen MR) is 149 cm³/mol. The van der Waals surface area contributed by atoms with Gasteiger partial charge in [-0.05, 0) is 55.0 Å². The summed E-state index contributed by atoms with van der Waals surface area (Å²) < 4.78 is 35.1. The highest BCUT2D eigenvalue weighted by Crippen LogP contribution is 2.31. The number of benzene rings is 2. The molecule has 198 valence electrons. The van der Waals surface area contributed by atoms with Crippen molar-refractivity contribution in [1.82, 2.24) is 4.90 Å². The topological polar surface area (TPSA) is 105 Å². The van der Waals surface area contributed by atoms with Crippen LogP contribution in [0.1, 0.15) is 39.0 Å². The van der Waals surface area contributed by atoms with E-state index in [9.17, 15) is 18.0 Å². The normalized spacial score (nSPS) is 16.7. The summed E-state index contributed by atoms with van der Waals surface area (Å²) in [6.07, 6.45) is 5.81. The van der Waals surface area contributed by atoms with Gasteiger partial charge in [-0.2, -0.15) is 8.42 Å². The molecule has 1 unspecified atom stereocenters. The van der Waals surface area contributed by atoms with E-state index < -0.39 is 21.2 Å². The molecule has 0 aromatic heterocycles. The number of rotatable bonds is 13. The molecule has 1 aliphatic rings. The van der Waals surface area contributed by atoms with Gasteiger partial charge < -0.3 is 10.1 Å². The summed E-state index contributed by atoms with van der Waals surface area (Å²) in [5.74, 6) is -0.0600. The molecular weight excluding hydrogens is 534 g/mol. The summed E-state index contributed by atoms with van der Waals surface area (Å²) in [7, 11) is -4.08. The number of sulfonamides is 1. The van der Waals surface area contributed by atoms with Crippen LogP contribution in [0.15, 0.2) is 70.5 Å². The smallest absolute Gasteiger partial charge is 0.284 e. The van der Waals surface area contributed by atoms with Crippen molar-refractivity contribution in [2.45, 2.75) is 49.2 Å². The van der Waals surface area contributed by atoms with Crippen molar-refractivity contribution in [3.8, 4) is 5.75 Å². The summed E-state index contributed by atoms with van der Waals surface area (Å²) >= 11 is 6.78. The van der Waals surface area contributed by atoms with Crippen LogP contribution in [0.5, 0.6) is 5.75 Å². The van der Waals surface area contributed by atoms with Crippen molar-refractivity contribution in [3.05, 3.63) is 66.2 Å². The summed E-state index contributed by atoms with van der Waals surface area (Å²) in [6.45, 7) is 6.50. The second-order valence-electron chi connectivity index (χ2n) is 8.33. The van der Waals surface area contributed by atoms with Gasteiger partial charge in [0.25, 0.3) is 10.0 Å². The minimum Gasteiger partial charge on any atom is -0.494 e. The number of amides is 2. The molecule has 0 aliphatic carbocycles. The van der Waals surface area contributed by atoms with Gasteiger partial charge in [-0.1, -0.05) is 55.6 Å². The number of halogens is 1. The molecule has 1 fully saturated rings. The van der Waals surface area contributed by atoms with E-state index in [0.29, 0.717) is 17.3 Å². The van der Waals surface area contributed by atoms with Crippen LogP contribution in [0.3, 0.4) is 0 Å². The van der Waals surface area contributed by atoms with E-state index in [1.165, 1.54) is 48.1 Å². The zero-order valence-corrected chi connectivity index (χ0v) is 22.9. The number of ether oxygens (including phenoxy) is 1. The molecule has 11 heteroatoms. The maximum atomic E-state index is 12.9. The van der Waals surface area contributed by atoms with Crippen LogP contribution < -0.4 is 10.1 Å². The molecule has 1 heterocycles. The Bertz CT molecular complexity index is 1230. The van der Waals surface area contributed by atoms with Crippen molar-refractivity contribution in [3.63, 3.8) is 0 Å². The Labute approximate surface area is 227 Å². The zero-order chi connectivity index (χ0) is 26.8. The number of amidine groups is 1. The van der Waals surface area contributed by atoms with Crippen molar-refractivity contribution in [2.75, 3.05) is 18.5 Å². The van der Waals surface area contributed by atoms with E-state index in [1.54, 1.807) is 24.3 Å². The number of nitrogens with zero attached hydrogens (tertiary/aromatic N) is 2. The Morgan fingerprint density at radius 1 is 1.16 bits per heavy atom. The predicted octanol–water partition coefficient (Wildman–Crippen LogP) is 5.50. The molecule has 2 aromatic rings. The molecule has 37 heavy (non-hydrogen) atoms. The average molecular weight is 564 g/mol. The number of carbonyl (C=O) groups is 2. The molecule has 1 atom stereocenters. The van der Waals surface area contributed by atoms with E-state index in [-0.39, 0.29) is 28.9 Å². The van der Waals surface area contributed by atoms with Gasteiger partial charge in [-0.3, -0.25) is 14.5 Å². The van der Waals surface area contributed by atoms with Gasteiger partial charge in [0.15, 0.2) is 5.17 Å². The van der Waals surface area contributed by atoms with Gasteiger partial charge in [0.2, 0.25) is 11.8 Å². The molecule has 0 radical (unpaired) electrons. The number of thioether (sulfide) groups is 1. The van der Waals surface area contributed by atoms with E-state index in [2.05, 4.69) is 23.2 Å². The Kier molecular flexibility index (Phi) is 10.6. The van der Waals surface area contributed by atoms with Crippen LogP contribution in [0.25, 0.3) is 0 Å². The van der Waals surface area contributed by atoms with Crippen molar-refractivity contribution in [1.29, 1.82) is 0 Å². The highest BCUT2D eigenvalue weighted by atomic mass is 35.5. The van der Waals surface area contributed by atoms with E-state index in [0.717, 1.165) is 30.4 Å². The third-order valence-electron chi connectivity index (χ3n) is 5.42. The lowest BCUT2D eigenvalue weighted by atomic mass is 10.2. The van der Waals surface area contributed by atoms with Crippen LogP contribution in [0, 0.1) is 0 Å². The minimum absolute atomic E-state index is 0.00177. The fourth-order valence-electron chi connectivity index (χ4n) is 3.50. The number of hydrogen-bond acceptors (Lipinski definition) is 6. The molecule has 1 saturated heterocycles. The number of hydrogen-bond donors (Lipinski definition) is 1. The highest BCUT2D eigenvalue weighted by molar-refractivity contribution is 8.16. The fraction of sp³-hybridized carbons (Fsp3) is 0.346. The second-order valence-corrected chi connectivity index (χ2v) is 11.5. The molecule has 8 nitrogen and oxygen atoms in total. The van der Waals surface area contributed by atoms with Crippen LogP contribution in [0.4, 0.5) is 5.69 Å². The van der Waals surface area contributed by atoms with Crippen molar-refractivity contribution >= 4 is 56.1 Å². The Hall–Kier alpha value is -2.82. The van der Waals surface area contributed by atoms with Gasteiger partial charge in [-0.25, -0.2) is 0 Å².